The van der Waals surface area contributed by atoms with Crippen LogP contribution in [0.5, 0.6) is 6.01 Å². The van der Waals surface area contributed by atoms with Crippen molar-refractivity contribution in [2.24, 2.45) is 0 Å². The van der Waals surface area contributed by atoms with Crippen LogP contribution in [0.3, 0.4) is 0 Å². The van der Waals surface area contributed by atoms with Crippen molar-refractivity contribution in [2.45, 2.75) is 30.8 Å². The van der Waals surface area contributed by atoms with Crippen molar-refractivity contribution in [1.29, 1.82) is 0 Å². The van der Waals surface area contributed by atoms with E-state index in [0.717, 1.165) is 11.1 Å². The number of aliphatic hydroxyl groups is 2. The Kier molecular flexibility index (Phi) is 4.71. The van der Waals surface area contributed by atoms with Crippen molar-refractivity contribution in [2.75, 3.05) is 19.8 Å². The topological polar surface area (TPSA) is 96.8 Å². The van der Waals surface area contributed by atoms with Gasteiger partial charge in [0.15, 0.2) is 6.10 Å². The van der Waals surface area contributed by atoms with Gasteiger partial charge in [-0.25, -0.2) is 4.39 Å². The highest BCUT2D eigenvalue weighted by atomic mass is 19.1. The maximum absolute atomic E-state index is 14.7. The summed E-state index contributed by atoms with van der Waals surface area (Å²) in [7, 11) is 0. The second-order valence-corrected chi connectivity index (χ2v) is 7.38. The van der Waals surface area contributed by atoms with Gasteiger partial charge in [0.1, 0.15) is 24.1 Å². The fraction of sp³-hybridized carbons (Fsp3) is 0.381. The summed E-state index contributed by atoms with van der Waals surface area (Å²) >= 11 is 0. The highest BCUT2D eigenvalue weighted by Crippen LogP contribution is 2.31. The maximum atomic E-state index is 14.7. The number of hydrogen-bond donors (Lipinski definition) is 3. The van der Waals surface area contributed by atoms with Crippen LogP contribution in [0.15, 0.2) is 36.4 Å². The Labute approximate surface area is 166 Å². The minimum absolute atomic E-state index is 0.0767. The number of fused-ring (bicyclic) bond motifs is 2. The average Bonchev–Trinajstić information content (AvgIpc) is 3.39. The lowest BCUT2D eigenvalue weighted by Crippen LogP contribution is -2.34. The fourth-order valence-electron chi connectivity index (χ4n) is 3.95. The highest BCUT2D eigenvalue weighted by molar-refractivity contribution is 5.83. The van der Waals surface area contributed by atoms with E-state index in [1.807, 2.05) is 24.3 Å². The van der Waals surface area contributed by atoms with Gasteiger partial charge in [-0.1, -0.05) is 24.3 Å². The number of benzene rings is 2. The Morgan fingerprint density at radius 3 is 2.72 bits per heavy atom. The molecule has 0 radical (unpaired) electrons. The van der Waals surface area contributed by atoms with Gasteiger partial charge < -0.3 is 29.4 Å². The van der Waals surface area contributed by atoms with Gasteiger partial charge in [-0.05, 0) is 23.6 Å². The quantitative estimate of drug-likeness (QED) is 0.605. The largest absolute Gasteiger partial charge is 0.456 e. The molecule has 0 unspecified atom stereocenters. The molecule has 29 heavy (non-hydrogen) atoms. The fourth-order valence-corrected chi connectivity index (χ4v) is 3.95. The van der Waals surface area contributed by atoms with E-state index in [-0.39, 0.29) is 43.4 Å². The minimum Gasteiger partial charge on any atom is -0.456 e. The molecule has 0 aliphatic carbocycles. The Hall–Kier alpha value is -2.52. The normalized spacial score (nSPS) is 26.2. The van der Waals surface area contributed by atoms with Gasteiger partial charge in [0, 0.05) is 18.2 Å². The number of halogens is 1. The molecule has 2 saturated heterocycles. The first-order valence-corrected chi connectivity index (χ1v) is 9.60. The van der Waals surface area contributed by atoms with Crippen LogP contribution in [0, 0.1) is 5.82 Å². The molecule has 0 spiro atoms. The lowest BCUT2D eigenvalue weighted by atomic mass is 10.0. The summed E-state index contributed by atoms with van der Waals surface area (Å²) in [4.78, 5) is 7.42. The van der Waals surface area contributed by atoms with Gasteiger partial charge in [-0.2, -0.15) is 4.98 Å². The molecule has 8 heteroatoms. The van der Waals surface area contributed by atoms with Gasteiger partial charge in [-0.3, -0.25) is 0 Å². The molecular weight excluding hydrogens is 379 g/mol. The number of aromatic amines is 1. The Balaban J connectivity index is 1.39. The third-order valence-corrected chi connectivity index (χ3v) is 5.46. The monoisotopic (exact) mass is 400 g/mol. The van der Waals surface area contributed by atoms with Gasteiger partial charge >= 0.3 is 0 Å². The predicted octanol–water partition coefficient (Wildman–Crippen LogP) is 1.81. The summed E-state index contributed by atoms with van der Waals surface area (Å²) in [5, 5.41) is 18.9. The van der Waals surface area contributed by atoms with E-state index in [0.29, 0.717) is 29.6 Å². The van der Waals surface area contributed by atoms with Crippen LogP contribution in [-0.4, -0.2) is 64.4 Å². The molecule has 3 heterocycles. The van der Waals surface area contributed by atoms with Crippen molar-refractivity contribution in [3.8, 4) is 17.1 Å². The van der Waals surface area contributed by atoms with Crippen LogP contribution >= 0.6 is 0 Å². The number of imidazole rings is 1. The van der Waals surface area contributed by atoms with E-state index in [4.69, 9.17) is 19.3 Å². The second-order valence-electron chi connectivity index (χ2n) is 7.38. The first-order chi connectivity index (χ1) is 14.1. The molecule has 7 nitrogen and oxygen atoms in total. The Morgan fingerprint density at radius 1 is 1.14 bits per heavy atom. The Morgan fingerprint density at radius 2 is 1.93 bits per heavy atom. The molecule has 2 aliphatic heterocycles. The van der Waals surface area contributed by atoms with Gasteiger partial charge in [0.2, 0.25) is 0 Å². The molecule has 152 valence electrons. The van der Waals surface area contributed by atoms with Crippen molar-refractivity contribution < 1.29 is 28.8 Å². The number of aromatic nitrogens is 2. The third kappa shape index (κ3) is 3.38. The molecule has 0 bridgehead atoms. The summed E-state index contributed by atoms with van der Waals surface area (Å²) < 4.78 is 31.7. The number of rotatable bonds is 5. The van der Waals surface area contributed by atoms with E-state index in [9.17, 15) is 9.50 Å². The highest BCUT2D eigenvalue weighted by Gasteiger charge is 2.48. The van der Waals surface area contributed by atoms with E-state index in [1.54, 1.807) is 6.07 Å². The van der Waals surface area contributed by atoms with E-state index in [2.05, 4.69) is 9.97 Å². The van der Waals surface area contributed by atoms with Crippen LogP contribution in [0.2, 0.25) is 0 Å². The van der Waals surface area contributed by atoms with Crippen LogP contribution in [0.4, 0.5) is 4.39 Å². The molecule has 2 fully saturated rings. The molecule has 4 atom stereocenters. The molecular formula is C21H21FN2O5. The molecule has 5 rings (SSSR count). The van der Waals surface area contributed by atoms with Crippen molar-refractivity contribution >= 4 is 11.0 Å². The van der Waals surface area contributed by atoms with Gasteiger partial charge in [0.05, 0.1) is 24.2 Å². The predicted molar refractivity (Wildman–Crippen MR) is 102 cm³/mol. The second kappa shape index (κ2) is 7.38. The first kappa shape index (κ1) is 18.5. The smallest absolute Gasteiger partial charge is 0.295 e. The lowest BCUT2D eigenvalue weighted by molar-refractivity contribution is 0.00706. The first-order valence-electron chi connectivity index (χ1n) is 9.60. The molecule has 1 aromatic heterocycles. The SMILES string of the molecule is OCCc1ccc(-c2cc3nc(O[C@@H]4CO[C@H]5[C@@H]4OC[C@H]5O)[nH]c3cc2F)cc1. The number of hydrogen-bond acceptors (Lipinski definition) is 6. The number of nitrogens with zero attached hydrogens (tertiary/aromatic N) is 1. The number of ether oxygens (including phenoxy) is 3. The zero-order valence-corrected chi connectivity index (χ0v) is 15.5. The third-order valence-electron chi connectivity index (χ3n) is 5.46. The summed E-state index contributed by atoms with van der Waals surface area (Å²) in [6, 6.07) is 10.8. The van der Waals surface area contributed by atoms with Crippen molar-refractivity contribution in [1.82, 2.24) is 9.97 Å². The number of aliphatic hydroxyl groups excluding tert-OH is 2. The zero-order valence-electron chi connectivity index (χ0n) is 15.5. The van der Waals surface area contributed by atoms with Crippen LogP contribution in [-0.2, 0) is 15.9 Å². The van der Waals surface area contributed by atoms with Crippen molar-refractivity contribution in [3.05, 3.63) is 47.8 Å². The molecule has 2 aliphatic rings. The number of nitrogens with one attached hydrogen (secondary N) is 1. The van der Waals surface area contributed by atoms with Crippen LogP contribution in [0.1, 0.15) is 5.56 Å². The van der Waals surface area contributed by atoms with Gasteiger partial charge in [0.25, 0.3) is 6.01 Å². The lowest BCUT2D eigenvalue weighted by Gasteiger charge is -2.15. The van der Waals surface area contributed by atoms with Crippen molar-refractivity contribution in [3.63, 3.8) is 0 Å². The maximum Gasteiger partial charge on any atom is 0.295 e. The number of H-pyrrole nitrogens is 1. The van der Waals surface area contributed by atoms with E-state index in [1.165, 1.54) is 6.07 Å². The van der Waals surface area contributed by atoms with E-state index < -0.39 is 6.10 Å². The minimum atomic E-state index is -0.648. The molecule has 0 amide bonds. The molecule has 2 aromatic carbocycles. The zero-order chi connectivity index (χ0) is 20.0. The summed E-state index contributed by atoms with van der Waals surface area (Å²) in [6.45, 7) is 0.595. The summed E-state index contributed by atoms with van der Waals surface area (Å²) in [5.41, 5.74) is 3.28. The van der Waals surface area contributed by atoms with Crippen LogP contribution in [0.25, 0.3) is 22.2 Å². The summed E-state index contributed by atoms with van der Waals surface area (Å²) in [5.74, 6) is -0.367. The molecule has 3 aromatic rings. The van der Waals surface area contributed by atoms with E-state index >= 15 is 0 Å². The van der Waals surface area contributed by atoms with Crippen LogP contribution < -0.4 is 4.74 Å². The summed E-state index contributed by atoms with van der Waals surface area (Å²) in [6.07, 6.45) is -1.20. The average molecular weight is 400 g/mol. The van der Waals surface area contributed by atoms with Gasteiger partial charge in [-0.15, -0.1) is 0 Å². The molecule has 0 saturated carbocycles. The molecule has 3 N–H and O–H groups in total. The standard InChI is InChI=1S/C21H21FN2O5/c22-14-8-16-15(7-13(14)12-3-1-11(2-4-12)5-6-25)23-21(24-16)29-18-10-28-19-17(26)9-27-20(18)19/h1-4,7-8,17-20,25-26H,5-6,9-10H2,(H,23,24)/t17-,18-,19-,20-/m1/s1. The Bertz CT molecular complexity index is 1020.